The normalized spacial score (nSPS) is 12.2. The fourth-order valence-electron chi connectivity index (χ4n) is 2.85. The Morgan fingerprint density at radius 1 is 1.16 bits per heavy atom. The molecule has 128 valence electrons. The van der Waals surface area contributed by atoms with Gasteiger partial charge in [0.25, 0.3) is 0 Å². The van der Waals surface area contributed by atoms with Gasteiger partial charge in [-0.15, -0.1) is 0 Å². The maximum absolute atomic E-state index is 13.6. The zero-order valence-electron chi connectivity index (χ0n) is 14.3. The maximum Gasteiger partial charge on any atom is 0.130 e. The van der Waals surface area contributed by atoms with Gasteiger partial charge in [-0.25, -0.2) is 13.8 Å². The minimum absolute atomic E-state index is 0.248. The molecule has 0 fully saturated rings. The number of allylic oxidation sites excluding steroid dienone is 1. The van der Waals surface area contributed by atoms with Crippen molar-refractivity contribution in [2.45, 2.75) is 26.4 Å². The number of alkyl halides is 1. The minimum atomic E-state index is -0.947. The summed E-state index contributed by atoms with van der Waals surface area (Å²) in [5.41, 5.74) is 3.43. The van der Waals surface area contributed by atoms with Crippen LogP contribution in [0.25, 0.3) is 21.9 Å². The van der Waals surface area contributed by atoms with E-state index < -0.39 is 6.17 Å². The molecule has 0 aliphatic rings. The number of hydrogen-bond donors (Lipinski definition) is 1. The molecule has 2 nitrogen and oxygen atoms in total. The van der Waals surface area contributed by atoms with Crippen molar-refractivity contribution in [1.82, 2.24) is 4.98 Å². The highest BCUT2D eigenvalue weighted by atomic mass is 19.1. The third-order valence-electron chi connectivity index (χ3n) is 4.06. The van der Waals surface area contributed by atoms with E-state index in [2.05, 4.69) is 16.9 Å². The SMILES string of the molecule is C=C(CC(C)F)Nc1cc2ccc(-c3cc(F)ccc3C)cc2cn1. The molecule has 0 saturated carbocycles. The zero-order valence-corrected chi connectivity index (χ0v) is 14.3. The Balaban J connectivity index is 1.91. The molecule has 0 aliphatic carbocycles. The number of pyridine rings is 1. The number of aromatic nitrogens is 1. The van der Waals surface area contributed by atoms with Crippen molar-refractivity contribution in [3.63, 3.8) is 0 Å². The van der Waals surface area contributed by atoms with Crippen LogP contribution < -0.4 is 5.32 Å². The number of halogens is 2. The number of rotatable bonds is 5. The minimum Gasteiger partial charge on any atom is -0.344 e. The van der Waals surface area contributed by atoms with Gasteiger partial charge in [-0.3, -0.25) is 0 Å². The fraction of sp³-hybridized carbons (Fsp3) is 0.190. The molecule has 1 heterocycles. The quantitative estimate of drug-likeness (QED) is 0.615. The summed E-state index contributed by atoms with van der Waals surface area (Å²) >= 11 is 0. The lowest BCUT2D eigenvalue weighted by atomic mass is 9.98. The summed E-state index contributed by atoms with van der Waals surface area (Å²) in [6, 6.07) is 12.6. The first-order valence-corrected chi connectivity index (χ1v) is 8.17. The van der Waals surface area contributed by atoms with Crippen LogP contribution in [0.1, 0.15) is 18.9 Å². The second-order valence-corrected chi connectivity index (χ2v) is 6.30. The van der Waals surface area contributed by atoms with Crippen molar-refractivity contribution < 1.29 is 8.78 Å². The third kappa shape index (κ3) is 4.02. The number of benzene rings is 2. The molecule has 0 spiro atoms. The molecule has 3 aromatic rings. The largest absolute Gasteiger partial charge is 0.344 e. The molecule has 1 N–H and O–H groups in total. The number of fused-ring (bicyclic) bond motifs is 1. The van der Waals surface area contributed by atoms with Crippen molar-refractivity contribution in [2.24, 2.45) is 0 Å². The van der Waals surface area contributed by atoms with E-state index in [4.69, 9.17) is 0 Å². The van der Waals surface area contributed by atoms with E-state index >= 15 is 0 Å². The van der Waals surface area contributed by atoms with E-state index in [1.165, 1.54) is 13.0 Å². The van der Waals surface area contributed by atoms with Gasteiger partial charge in [-0.05, 0) is 60.2 Å². The molecular weight excluding hydrogens is 318 g/mol. The molecule has 4 heteroatoms. The topological polar surface area (TPSA) is 24.9 Å². The molecule has 1 unspecified atom stereocenters. The van der Waals surface area contributed by atoms with Crippen molar-refractivity contribution >= 4 is 16.6 Å². The van der Waals surface area contributed by atoms with E-state index in [1.807, 2.05) is 31.2 Å². The summed E-state index contributed by atoms with van der Waals surface area (Å²) in [4.78, 5) is 4.36. The molecule has 0 amide bonds. The highest BCUT2D eigenvalue weighted by molar-refractivity contribution is 5.88. The first-order valence-electron chi connectivity index (χ1n) is 8.17. The molecule has 1 aromatic heterocycles. The number of anilines is 1. The average Bonchev–Trinajstić information content (AvgIpc) is 2.56. The lowest BCUT2D eigenvalue weighted by molar-refractivity contribution is 0.360. The second-order valence-electron chi connectivity index (χ2n) is 6.30. The molecule has 3 rings (SSSR count). The van der Waals surface area contributed by atoms with Crippen LogP contribution in [0.15, 0.2) is 60.9 Å². The van der Waals surface area contributed by atoms with E-state index in [-0.39, 0.29) is 12.2 Å². The summed E-state index contributed by atoms with van der Waals surface area (Å²) in [6.07, 6.45) is 1.05. The standard InChI is InChI=1S/C21H20F2N2/c1-13-4-7-19(23)11-20(13)17-6-5-16-10-21(24-12-18(16)9-17)25-15(3)8-14(2)22/h4-7,9-12,14H,3,8H2,1-2H3,(H,24,25). The fourth-order valence-corrected chi connectivity index (χ4v) is 2.85. The van der Waals surface area contributed by atoms with Crippen molar-refractivity contribution in [3.05, 3.63) is 72.3 Å². The lowest BCUT2D eigenvalue weighted by Gasteiger charge is -2.11. The van der Waals surface area contributed by atoms with E-state index in [1.54, 1.807) is 18.3 Å². The number of aryl methyl sites for hydroxylation is 1. The van der Waals surface area contributed by atoms with Crippen molar-refractivity contribution in [1.29, 1.82) is 0 Å². The van der Waals surface area contributed by atoms with E-state index in [9.17, 15) is 8.78 Å². The Bertz CT molecular complexity index is 932. The average molecular weight is 338 g/mol. The van der Waals surface area contributed by atoms with E-state index in [0.29, 0.717) is 11.5 Å². The summed E-state index contributed by atoms with van der Waals surface area (Å²) in [5, 5.41) is 4.98. The Kier molecular flexibility index (Phi) is 4.79. The van der Waals surface area contributed by atoms with Crippen LogP contribution in [0.4, 0.5) is 14.6 Å². The molecule has 1 atom stereocenters. The van der Waals surface area contributed by atoms with Crippen molar-refractivity contribution in [3.8, 4) is 11.1 Å². The predicted molar refractivity (Wildman–Crippen MR) is 99.8 cm³/mol. The molecule has 25 heavy (non-hydrogen) atoms. The summed E-state index contributed by atoms with van der Waals surface area (Å²) in [5.74, 6) is 0.381. The lowest BCUT2D eigenvalue weighted by Crippen LogP contribution is -2.04. The second kappa shape index (κ2) is 7.01. The van der Waals surface area contributed by atoms with Gasteiger partial charge in [0, 0.05) is 23.7 Å². The van der Waals surface area contributed by atoms with Crippen LogP contribution in [0, 0.1) is 12.7 Å². The summed E-state index contributed by atoms with van der Waals surface area (Å²) in [6.45, 7) is 7.27. The zero-order chi connectivity index (χ0) is 18.0. The summed E-state index contributed by atoms with van der Waals surface area (Å²) < 4.78 is 26.6. The molecular formula is C21H20F2N2. The van der Waals surface area contributed by atoms with E-state index in [0.717, 1.165) is 27.5 Å². The van der Waals surface area contributed by atoms with Gasteiger partial charge in [0.1, 0.15) is 17.8 Å². The van der Waals surface area contributed by atoms with Crippen LogP contribution >= 0.6 is 0 Å². The Labute approximate surface area is 146 Å². The monoisotopic (exact) mass is 338 g/mol. The van der Waals surface area contributed by atoms with Crippen LogP contribution in [0.5, 0.6) is 0 Å². The first kappa shape index (κ1) is 17.1. The molecule has 0 bridgehead atoms. The molecule has 2 aromatic carbocycles. The van der Waals surface area contributed by atoms with Crippen LogP contribution in [0.2, 0.25) is 0 Å². The van der Waals surface area contributed by atoms with Gasteiger partial charge in [0.15, 0.2) is 0 Å². The predicted octanol–water partition coefficient (Wildman–Crippen LogP) is 6.02. The molecule has 0 radical (unpaired) electrons. The maximum atomic E-state index is 13.6. The number of nitrogens with one attached hydrogen (secondary N) is 1. The van der Waals surface area contributed by atoms with Crippen molar-refractivity contribution in [2.75, 3.05) is 5.32 Å². The highest BCUT2D eigenvalue weighted by Gasteiger charge is 2.07. The Morgan fingerprint density at radius 2 is 1.96 bits per heavy atom. The smallest absolute Gasteiger partial charge is 0.130 e. The van der Waals surface area contributed by atoms with Gasteiger partial charge in [0.2, 0.25) is 0 Å². The number of hydrogen-bond acceptors (Lipinski definition) is 2. The van der Waals surface area contributed by atoms with Crippen LogP contribution in [-0.2, 0) is 0 Å². The summed E-state index contributed by atoms with van der Waals surface area (Å²) in [7, 11) is 0. The Morgan fingerprint density at radius 3 is 2.72 bits per heavy atom. The van der Waals surface area contributed by atoms with Gasteiger partial charge in [-0.1, -0.05) is 24.8 Å². The molecule has 0 saturated heterocycles. The first-order chi connectivity index (χ1) is 11.9. The van der Waals surface area contributed by atoms with Crippen LogP contribution in [0.3, 0.4) is 0 Å². The van der Waals surface area contributed by atoms with Gasteiger partial charge in [-0.2, -0.15) is 0 Å². The highest BCUT2D eigenvalue weighted by Crippen LogP contribution is 2.28. The van der Waals surface area contributed by atoms with Gasteiger partial charge >= 0.3 is 0 Å². The number of nitrogens with zero attached hydrogens (tertiary/aromatic N) is 1. The van der Waals surface area contributed by atoms with Crippen LogP contribution in [-0.4, -0.2) is 11.2 Å². The van der Waals surface area contributed by atoms with Gasteiger partial charge < -0.3 is 5.32 Å². The third-order valence-corrected chi connectivity index (χ3v) is 4.06. The van der Waals surface area contributed by atoms with Gasteiger partial charge in [0.05, 0.1) is 0 Å². The Hall–Kier alpha value is -2.75. The molecule has 0 aliphatic heterocycles.